The highest BCUT2D eigenvalue weighted by molar-refractivity contribution is 7.16. The van der Waals surface area contributed by atoms with E-state index in [-0.39, 0.29) is 5.91 Å². The Morgan fingerprint density at radius 2 is 1.65 bits per heavy atom. The third-order valence-corrected chi connectivity index (χ3v) is 4.08. The van der Waals surface area contributed by atoms with Crippen LogP contribution in [0.15, 0.2) is 24.3 Å². The average molecular weight is 291 g/mol. The fourth-order valence-electron chi connectivity index (χ4n) is 1.76. The molecule has 5 heteroatoms. The van der Waals surface area contributed by atoms with Crippen LogP contribution in [0.3, 0.4) is 0 Å². The van der Waals surface area contributed by atoms with Crippen LogP contribution in [0.1, 0.15) is 20.8 Å². The van der Waals surface area contributed by atoms with Gasteiger partial charge in [-0.1, -0.05) is 0 Å². The lowest BCUT2D eigenvalue weighted by Crippen LogP contribution is -2.11. The van der Waals surface area contributed by atoms with Crippen LogP contribution in [0, 0.1) is 13.8 Å². The van der Waals surface area contributed by atoms with Gasteiger partial charge in [-0.3, -0.25) is 4.79 Å². The molecule has 2 aromatic rings. The molecule has 0 radical (unpaired) electrons. The van der Waals surface area contributed by atoms with Gasteiger partial charge in [0.1, 0.15) is 11.5 Å². The number of thiophene rings is 1. The summed E-state index contributed by atoms with van der Waals surface area (Å²) in [4.78, 5) is 13.5. The second-order valence-corrected chi connectivity index (χ2v) is 5.66. The van der Waals surface area contributed by atoms with E-state index in [1.165, 1.54) is 10.4 Å². The van der Waals surface area contributed by atoms with Gasteiger partial charge in [-0.05, 0) is 37.6 Å². The van der Waals surface area contributed by atoms with Crippen LogP contribution in [0.2, 0.25) is 0 Å². The Kier molecular flexibility index (Phi) is 4.29. The zero-order chi connectivity index (χ0) is 14.7. The minimum absolute atomic E-state index is 0.177. The Labute approximate surface area is 122 Å². The van der Waals surface area contributed by atoms with Gasteiger partial charge in [-0.2, -0.15) is 0 Å². The first-order valence-corrected chi connectivity index (χ1v) is 6.96. The maximum atomic E-state index is 12.3. The number of benzene rings is 1. The summed E-state index contributed by atoms with van der Waals surface area (Å²) in [5.41, 5.74) is 1.68. The highest BCUT2D eigenvalue weighted by Crippen LogP contribution is 2.27. The minimum atomic E-state index is -0.177. The Morgan fingerprint density at radius 1 is 1.05 bits per heavy atom. The summed E-state index contributed by atoms with van der Waals surface area (Å²) in [6.07, 6.45) is 0. The molecule has 1 heterocycles. The van der Waals surface area contributed by atoms with Gasteiger partial charge in [0.25, 0.3) is 5.91 Å². The van der Waals surface area contributed by atoms with Crippen molar-refractivity contribution in [2.45, 2.75) is 13.8 Å². The van der Waals surface area contributed by atoms with Gasteiger partial charge in [0, 0.05) is 16.5 Å². The fraction of sp³-hybridized carbons (Fsp3) is 0.267. The van der Waals surface area contributed by atoms with Gasteiger partial charge in [0.15, 0.2) is 0 Å². The maximum absolute atomic E-state index is 12.3. The van der Waals surface area contributed by atoms with Gasteiger partial charge in [-0.15, -0.1) is 11.3 Å². The van der Waals surface area contributed by atoms with Crippen molar-refractivity contribution in [3.05, 3.63) is 40.3 Å². The van der Waals surface area contributed by atoms with E-state index in [9.17, 15) is 4.79 Å². The molecule has 0 fully saturated rings. The third kappa shape index (κ3) is 3.11. The summed E-state index contributed by atoms with van der Waals surface area (Å²) in [7, 11) is 3.12. The quantitative estimate of drug-likeness (QED) is 0.935. The zero-order valence-corrected chi connectivity index (χ0v) is 12.8. The number of carbonyl (C=O) groups is 1. The molecular formula is C15H17NO3S. The Morgan fingerprint density at radius 3 is 2.10 bits per heavy atom. The molecule has 0 atom stereocenters. The number of anilines is 1. The van der Waals surface area contributed by atoms with Gasteiger partial charge in [0.05, 0.1) is 19.2 Å². The molecule has 0 aliphatic carbocycles. The summed E-state index contributed by atoms with van der Waals surface area (Å²) in [6, 6.07) is 7.07. The lowest BCUT2D eigenvalue weighted by molar-refractivity contribution is 0.102. The predicted octanol–water partition coefficient (Wildman–Crippen LogP) is 3.63. The largest absolute Gasteiger partial charge is 0.497 e. The smallest absolute Gasteiger partial charge is 0.256 e. The fourth-order valence-corrected chi connectivity index (χ4v) is 2.69. The summed E-state index contributed by atoms with van der Waals surface area (Å²) in [5, 5.41) is 3.73. The van der Waals surface area contributed by atoms with E-state index in [0.29, 0.717) is 17.1 Å². The molecule has 20 heavy (non-hydrogen) atoms. The molecule has 1 aromatic heterocycles. The standard InChI is InChI=1S/C15H17NO3S/c1-9-5-14(20-10(9)2)16-15(17)11-6-12(18-3)8-13(7-11)19-4/h5-8H,1-4H3,(H,16,17). The Hall–Kier alpha value is -2.01. The van der Waals surface area contributed by atoms with E-state index in [1.54, 1.807) is 43.8 Å². The Bertz CT molecular complexity index is 592. The topological polar surface area (TPSA) is 47.6 Å². The number of aryl methyl sites for hydroxylation is 2. The van der Waals surface area contributed by atoms with E-state index in [0.717, 1.165) is 5.00 Å². The molecule has 4 nitrogen and oxygen atoms in total. The number of amides is 1. The monoisotopic (exact) mass is 291 g/mol. The number of carbonyl (C=O) groups excluding carboxylic acids is 1. The molecule has 0 bridgehead atoms. The lowest BCUT2D eigenvalue weighted by atomic mass is 10.2. The summed E-state index contributed by atoms with van der Waals surface area (Å²) in [6.45, 7) is 4.06. The third-order valence-electron chi connectivity index (χ3n) is 3.02. The van der Waals surface area contributed by atoms with Crippen LogP contribution in [0.4, 0.5) is 5.00 Å². The van der Waals surface area contributed by atoms with E-state index < -0.39 is 0 Å². The van der Waals surface area contributed by atoms with Crippen molar-refractivity contribution in [3.8, 4) is 11.5 Å². The molecule has 0 spiro atoms. The van der Waals surface area contributed by atoms with Gasteiger partial charge >= 0.3 is 0 Å². The highest BCUT2D eigenvalue weighted by Gasteiger charge is 2.11. The zero-order valence-electron chi connectivity index (χ0n) is 11.9. The first kappa shape index (κ1) is 14.4. The molecule has 2 rings (SSSR count). The Balaban J connectivity index is 2.24. The SMILES string of the molecule is COc1cc(OC)cc(C(=O)Nc2cc(C)c(C)s2)c1. The maximum Gasteiger partial charge on any atom is 0.256 e. The van der Waals surface area contributed by atoms with Crippen molar-refractivity contribution in [1.82, 2.24) is 0 Å². The number of nitrogens with one attached hydrogen (secondary N) is 1. The second kappa shape index (κ2) is 5.96. The minimum Gasteiger partial charge on any atom is -0.497 e. The van der Waals surface area contributed by atoms with Crippen LogP contribution in [-0.4, -0.2) is 20.1 Å². The molecule has 0 aliphatic rings. The molecule has 0 aliphatic heterocycles. The number of methoxy groups -OCH3 is 2. The van der Waals surface area contributed by atoms with Crippen molar-refractivity contribution >= 4 is 22.2 Å². The average Bonchev–Trinajstić information content (AvgIpc) is 2.76. The first-order chi connectivity index (χ1) is 9.53. The van der Waals surface area contributed by atoms with E-state index in [2.05, 4.69) is 5.32 Å². The number of ether oxygens (including phenoxy) is 2. The van der Waals surface area contributed by atoms with Crippen LogP contribution in [-0.2, 0) is 0 Å². The first-order valence-electron chi connectivity index (χ1n) is 6.15. The van der Waals surface area contributed by atoms with E-state index >= 15 is 0 Å². The molecule has 1 amide bonds. The van der Waals surface area contributed by atoms with Crippen molar-refractivity contribution < 1.29 is 14.3 Å². The van der Waals surface area contributed by atoms with Crippen LogP contribution >= 0.6 is 11.3 Å². The van der Waals surface area contributed by atoms with Crippen LogP contribution in [0.25, 0.3) is 0 Å². The summed E-state index contributed by atoms with van der Waals surface area (Å²) in [5.74, 6) is 1.00. The molecule has 0 unspecified atom stereocenters. The van der Waals surface area contributed by atoms with Crippen molar-refractivity contribution in [2.75, 3.05) is 19.5 Å². The van der Waals surface area contributed by atoms with E-state index in [4.69, 9.17) is 9.47 Å². The number of hydrogen-bond donors (Lipinski definition) is 1. The number of rotatable bonds is 4. The van der Waals surface area contributed by atoms with Gasteiger partial charge < -0.3 is 14.8 Å². The van der Waals surface area contributed by atoms with Crippen molar-refractivity contribution in [1.29, 1.82) is 0 Å². The van der Waals surface area contributed by atoms with Crippen molar-refractivity contribution in [2.24, 2.45) is 0 Å². The molecular weight excluding hydrogens is 274 g/mol. The van der Waals surface area contributed by atoms with Crippen LogP contribution in [0.5, 0.6) is 11.5 Å². The van der Waals surface area contributed by atoms with E-state index in [1.807, 2.05) is 19.9 Å². The lowest BCUT2D eigenvalue weighted by Gasteiger charge is -2.08. The summed E-state index contributed by atoms with van der Waals surface area (Å²) >= 11 is 1.56. The van der Waals surface area contributed by atoms with Crippen LogP contribution < -0.4 is 14.8 Å². The predicted molar refractivity (Wildman–Crippen MR) is 81.3 cm³/mol. The molecule has 0 saturated carbocycles. The second-order valence-electron chi connectivity index (χ2n) is 4.41. The van der Waals surface area contributed by atoms with Crippen molar-refractivity contribution in [3.63, 3.8) is 0 Å². The molecule has 0 saturated heterocycles. The normalized spacial score (nSPS) is 10.2. The van der Waals surface area contributed by atoms with Gasteiger partial charge in [-0.25, -0.2) is 0 Å². The van der Waals surface area contributed by atoms with Gasteiger partial charge in [0.2, 0.25) is 0 Å². The molecule has 1 N–H and O–H groups in total. The number of hydrogen-bond acceptors (Lipinski definition) is 4. The molecule has 106 valence electrons. The molecule has 1 aromatic carbocycles. The summed E-state index contributed by atoms with van der Waals surface area (Å²) < 4.78 is 10.3. The highest BCUT2D eigenvalue weighted by atomic mass is 32.1.